The van der Waals surface area contributed by atoms with Gasteiger partial charge in [-0.15, -0.1) is 5.10 Å². The second-order valence-electron chi connectivity index (χ2n) is 5.40. The van der Waals surface area contributed by atoms with E-state index in [1.165, 1.54) is 32.1 Å². The Hall–Kier alpha value is -1.39. The van der Waals surface area contributed by atoms with Crippen LogP contribution in [0.5, 0.6) is 0 Å². The van der Waals surface area contributed by atoms with Crippen LogP contribution < -0.4 is 5.32 Å². The highest BCUT2D eigenvalue weighted by molar-refractivity contribution is 5.90. The fourth-order valence-corrected chi connectivity index (χ4v) is 2.72. The van der Waals surface area contributed by atoms with E-state index in [2.05, 4.69) is 27.4 Å². The van der Waals surface area contributed by atoms with Gasteiger partial charge in [-0.1, -0.05) is 32.6 Å². The van der Waals surface area contributed by atoms with Crippen molar-refractivity contribution in [1.29, 1.82) is 0 Å². The number of nitrogens with zero attached hydrogens (tertiary/aromatic N) is 2. The summed E-state index contributed by atoms with van der Waals surface area (Å²) in [6.07, 6.45) is 9.63. The molecule has 19 heavy (non-hydrogen) atoms. The van der Waals surface area contributed by atoms with Gasteiger partial charge >= 0.3 is 0 Å². The Morgan fingerprint density at radius 1 is 1.42 bits per heavy atom. The molecule has 0 radical (unpaired) electrons. The van der Waals surface area contributed by atoms with Gasteiger partial charge in [0, 0.05) is 13.0 Å². The van der Waals surface area contributed by atoms with Gasteiger partial charge < -0.3 is 5.32 Å². The van der Waals surface area contributed by atoms with Gasteiger partial charge in [0.2, 0.25) is 5.82 Å². The minimum atomic E-state index is -0.162. The number of aryl methyl sites for hydroxylation is 1. The molecule has 0 spiro atoms. The molecule has 0 aliphatic heterocycles. The van der Waals surface area contributed by atoms with Crippen LogP contribution in [0.2, 0.25) is 0 Å². The minimum Gasteiger partial charge on any atom is -0.349 e. The summed E-state index contributed by atoms with van der Waals surface area (Å²) in [6, 6.07) is 0. The van der Waals surface area contributed by atoms with Crippen molar-refractivity contribution in [2.24, 2.45) is 5.92 Å². The Labute approximate surface area is 114 Å². The molecule has 0 unspecified atom stereocenters. The Morgan fingerprint density at radius 2 is 2.21 bits per heavy atom. The first-order valence-corrected chi connectivity index (χ1v) is 7.49. The molecule has 1 saturated carbocycles. The van der Waals surface area contributed by atoms with Crippen molar-refractivity contribution in [2.75, 3.05) is 6.54 Å². The zero-order valence-electron chi connectivity index (χ0n) is 11.7. The molecule has 1 aromatic rings. The lowest BCUT2D eigenvalue weighted by Crippen LogP contribution is -2.25. The highest BCUT2D eigenvalue weighted by atomic mass is 16.2. The Balaban J connectivity index is 1.65. The van der Waals surface area contributed by atoms with Crippen molar-refractivity contribution in [3.8, 4) is 0 Å². The molecule has 2 rings (SSSR count). The second-order valence-corrected chi connectivity index (χ2v) is 5.40. The van der Waals surface area contributed by atoms with E-state index in [-0.39, 0.29) is 11.7 Å². The van der Waals surface area contributed by atoms with Crippen molar-refractivity contribution >= 4 is 5.91 Å². The van der Waals surface area contributed by atoms with Crippen LogP contribution in [-0.2, 0) is 6.42 Å². The van der Waals surface area contributed by atoms with Gasteiger partial charge in [-0.3, -0.25) is 9.89 Å². The molecule has 5 heteroatoms. The smallest absolute Gasteiger partial charge is 0.290 e. The first kappa shape index (κ1) is 14.0. The molecule has 1 aliphatic rings. The molecule has 0 saturated heterocycles. The first-order valence-electron chi connectivity index (χ1n) is 7.49. The molecule has 1 heterocycles. The maximum absolute atomic E-state index is 11.8. The first-order chi connectivity index (χ1) is 9.29. The SMILES string of the molecule is CCCc1nc(C(=O)NCCCC2CCCC2)n[nH]1. The van der Waals surface area contributed by atoms with Crippen molar-refractivity contribution in [3.05, 3.63) is 11.6 Å². The Kier molecular flexibility index (Phi) is 5.36. The van der Waals surface area contributed by atoms with Crippen LogP contribution in [0.25, 0.3) is 0 Å². The predicted octanol–water partition coefficient (Wildman–Crippen LogP) is 2.46. The third kappa shape index (κ3) is 4.33. The number of aromatic amines is 1. The molecule has 1 aliphatic carbocycles. The predicted molar refractivity (Wildman–Crippen MR) is 73.9 cm³/mol. The molecule has 5 nitrogen and oxygen atoms in total. The lowest BCUT2D eigenvalue weighted by atomic mass is 10.0. The molecule has 0 atom stereocenters. The number of carbonyl (C=O) groups excluding carboxylic acids is 1. The number of rotatable bonds is 7. The van der Waals surface area contributed by atoms with Crippen LogP contribution in [0.15, 0.2) is 0 Å². The molecule has 1 aromatic heterocycles. The largest absolute Gasteiger partial charge is 0.349 e. The van der Waals surface area contributed by atoms with E-state index in [0.717, 1.165) is 37.5 Å². The average molecular weight is 264 g/mol. The minimum absolute atomic E-state index is 0.162. The molecule has 1 fully saturated rings. The molecule has 106 valence electrons. The van der Waals surface area contributed by atoms with Crippen molar-refractivity contribution in [3.63, 3.8) is 0 Å². The van der Waals surface area contributed by atoms with E-state index in [4.69, 9.17) is 0 Å². The summed E-state index contributed by atoms with van der Waals surface area (Å²) in [5.74, 6) is 1.78. The lowest BCUT2D eigenvalue weighted by molar-refractivity contribution is 0.0942. The van der Waals surface area contributed by atoms with Gasteiger partial charge in [0.05, 0.1) is 0 Å². The fraction of sp³-hybridized carbons (Fsp3) is 0.786. The summed E-state index contributed by atoms with van der Waals surface area (Å²) < 4.78 is 0. The lowest BCUT2D eigenvalue weighted by Gasteiger charge is -2.08. The summed E-state index contributed by atoms with van der Waals surface area (Å²) in [5.41, 5.74) is 0. The third-order valence-corrected chi connectivity index (χ3v) is 3.77. The Bertz CT molecular complexity index is 396. The quantitative estimate of drug-likeness (QED) is 0.743. The van der Waals surface area contributed by atoms with Gasteiger partial charge in [0.15, 0.2) is 0 Å². The van der Waals surface area contributed by atoms with Gasteiger partial charge in [0.25, 0.3) is 5.91 Å². The second kappa shape index (κ2) is 7.26. The van der Waals surface area contributed by atoms with Crippen molar-refractivity contribution in [2.45, 2.75) is 58.3 Å². The summed E-state index contributed by atoms with van der Waals surface area (Å²) in [6.45, 7) is 2.80. The highest BCUT2D eigenvalue weighted by Gasteiger charge is 2.15. The Morgan fingerprint density at radius 3 is 2.95 bits per heavy atom. The van der Waals surface area contributed by atoms with Gasteiger partial charge in [-0.25, -0.2) is 4.98 Å². The number of hydrogen-bond donors (Lipinski definition) is 2. The van der Waals surface area contributed by atoms with Gasteiger partial charge in [-0.05, 0) is 25.2 Å². The van der Waals surface area contributed by atoms with E-state index < -0.39 is 0 Å². The topological polar surface area (TPSA) is 70.7 Å². The number of carbonyl (C=O) groups is 1. The summed E-state index contributed by atoms with van der Waals surface area (Å²) in [7, 11) is 0. The van der Waals surface area contributed by atoms with E-state index in [0.29, 0.717) is 0 Å². The van der Waals surface area contributed by atoms with Crippen LogP contribution in [0.3, 0.4) is 0 Å². The van der Waals surface area contributed by atoms with Gasteiger partial charge in [0.1, 0.15) is 5.82 Å². The fourth-order valence-electron chi connectivity index (χ4n) is 2.72. The summed E-state index contributed by atoms with van der Waals surface area (Å²) in [5, 5.41) is 9.64. The number of nitrogens with one attached hydrogen (secondary N) is 2. The van der Waals surface area contributed by atoms with E-state index in [1.807, 2.05) is 0 Å². The number of amides is 1. The summed E-state index contributed by atoms with van der Waals surface area (Å²) >= 11 is 0. The molecular weight excluding hydrogens is 240 g/mol. The van der Waals surface area contributed by atoms with E-state index >= 15 is 0 Å². The van der Waals surface area contributed by atoms with Crippen molar-refractivity contribution in [1.82, 2.24) is 20.5 Å². The van der Waals surface area contributed by atoms with Crippen LogP contribution >= 0.6 is 0 Å². The number of H-pyrrole nitrogens is 1. The van der Waals surface area contributed by atoms with Crippen molar-refractivity contribution < 1.29 is 4.79 Å². The third-order valence-electron chi connectivity index (χ3n) is 3.77. The van der Waals surface area contributed by atoms with Crippen LogP contribution in [0.1, 0.15) is 68.3 Å². The monoisotopic (exact) mass is 264 g/mol. The zero-order valence-corrected chi connectivity index (χ0v) is 11.7. The number of aromatic nitrogens is 3. The maximum atomic E-state index is 11.8. The zero-order chi connectivity index (χ0) is 13.5. The maximum Gasteiger partial charge on any atom is 0.290 e. The average Bonchev–Trinajstić information content (AvgIpc) is 3.06. The summed E-state index contributed by atoms with van der Waals surface area (Å²) in [4.78, 5) is 16.0. The number of hydrogen-bond acceptors (Lipinski definition) is 3. The van der Waals surface area contributed by atoms with Crippen LogP contribution in [0.4, 0.5) is 0 Å². The van der Waals surface area contributed by atoms with Gasteiger partial charge in [-0.2, -0.15) is 0 Å². The molecule has 0 aromatic carbocycles. The normalized spacial score (nSPS) is 15.8. The molecule has 1 amide bonds. The van der Waals surface area contributed by atoms with Crippen LogP contribution in [0, 0.1) is 5.92 Å². The van der Waals surface area contributed by atoms with E-state index in [1.54, 1.807) is 0 Å². The molecule has 2 N–H and O–H groups in total. The highest BCUT2D eigenvalue weighted by Crippen LogP contribution is 2.28. The standard InChI is InChI=1S/C14H24N4O/c1-2-6-12-16-13(18-17-12)14(19)15-10-5-9-11-7-3-4-8-11/h11H,2-10H2,1H3,(H,15,19)(H,16,17,18). The molecular formula is C14H24N4O. The molecule has 0 bridgehead atoms. The van der Waals surface area contributed by atoms with Crippen LogP contribution in [-0.4, -0.2) is 27.6 Å². The van der Waals surface area contributed by atoms with E-state index in [9.17, 15) is 4.79 Å².